The van der Waals surface area contributed by atoms with Crippen molar-refractivity contribution in [3.63, 3.8) is 0 Å². The highest BCUT2D eigenvalue weighted by Gasteiger charge is 2.35. The van der Waals surface area contributed by atoms with Crippen molar-refractivity contribution in [2.45, 2.75) is 25.3 Å². The first kappa shape index (κ1) is 18.3. The molecule has 3 N–H and O–H groups in total. The molecule has 1 saturated heterocycles. The Morgan fingerprint density at radius 1 is 1.21 bits per heavy atom. The molecule has 0 radical (unpaired) electrons. The molecule has 7 heteroatoms. The van der Waals surface area contributed by atoms with Gasteiger partial charge in [0.2, 0.25) is 5.91 Å². The van der Waals surface area contributed by atoms with Crippen LogP contribution in [0.4, 0.5) is 5.69 Å². The molecule has 1 amide bonds. The van der Waals surface area contributed by atoms with Crippen molar-refractivity contribution in [3.05, 3.63) is 42.2 Å². The van der Waals surface area contributed by atoms with Crippen molar-refractivity contribution < 1.29 is 9.53 Å². The minimum Gasteiger partial charge on any atom is -0.381 e. The predicted molar refractivity (Wildman–Crippen MR) is 95.1 cm³/mol. The zero-order chi connectivity index (χ0) is 16.3. The second kappa shape index (κ2) is 7.70. The monoisotopic (exact) mass is 348 g/mol. The summed E-state index contributed by atoms with van der Waals surface area (Å²) in [4.78, 5) is 21.0. The quantitative estimate of drug-likeness (QED) is 0.888. The molecule has 1 aliphatic heterocycles. The number of carbonyl (C=O) groups is 1. The minimum absolute atomic E-state index is 0. The van der Waals surface area contributed by atoms with Gasteiger partial charge in [-0.1, -0.05) is 0 Å². The SMILES string of the molecule is Cc1ccnc(-c2ccc(NC(=O)C3(N)CCOCC3)cc2)n1.Cl. The first-order valence-corrected chi connectivity index (χ1v) is 7.65. The molecule has 0 atom stereocenters. The lowest BCUT2D eigenvalue weighted by molar-refractivity contribution is -0.124. The maximum atomic E-state index is 12.4. The van der Waals surface area contributed by atoms with Crippen LogP contribution in [0, 0.1) is 6.92 Å². The van der Waals surface area contributed by atoms with Crippen LogP contribution < -0.4 is 11.1 Å². The van der Waals surface area contributed by atoms with Crippen LogP contribution in [0.25, 0.3) is 11.4 Å². The predicted octanol–water partition coefficient (Wildman–Crippen LogP) is 2.32. The Kier molecular flexibility index (Phi) is 5.88. The molecule has 3 rings (SSSR count). The Hall–Kier alpha value is -2.02. The maximum Gasteiger partial charge on any atom is 0.244 e. The average molecular weight is 349 g/mol. The molecule has 2 heterocycles. The molecule has 1 fully saturated rings. The Morgan fingerprint density at radius 3 is 2.50 bits per heavy atom. The number of benzene rings is 1. The Labute approximate surface area is 147 Å². The van der Waals surface area contributed by atoms with Crippen LogP contribution >= 0.6 is 12.4 Å². The summed E-state index contributed by atoms with van der Waals surface area (Å²) in [7, 11) is 0. The van der Waals surface area contributed by atoms with Crippen molar-refractivity contribution >= 4 is 24.0 Å². The number of ether oxygens (including phenoxy) is 1. The Bertz CT molecular complexity index is 700. The Balaban J connectivity index is 0.00000208. The van der Waals surface area contributed by atoms with E-state index in [0.717, 1.165) is 11.3 Å². The van der Waals surface area contributed by atoms with Crippen molar-refractivity contribution in [3.8, 4) is 11.4 Å². The van der Waals surface area contributed by atoms with Gasteiger partial charge in [0.25, 0.3) is 0 Å². The van der Waals surface area contributed by atoms with E-state index in [9.17, 15) is 4.79 Å². The van der Waals surface area contributed by atoms with Gasteiger partial charge in [-0.2, -0.15) is 0 Å². The largest absolute Gasteiger partial charge is 0.381 e. The summed E-state index contributed by atoms with van der Waals surface area (Å²) in [6.07, 6.45) is 2.80. The second-order valence-corrected chi connectivity index (χ2v) is 5.82. The number of carbonyl (C=O) groups excluding carboxylic acids is 1. The molecule has 0 unspecified atom stereocenters. The van der Waals surface area contributed by atoms with Gasteiger partial charge < -0.3 is 15.8 Å². The number of nitrogens with zero attached hydrogens (tertiary/aromatic N) is 2. The lowest BCUT2D eigenvalue weighted by atomic mass is 9.90. The lowest BCUT2D eigenvalue weighted by Crippen LogP contribution is -2.54. The van der Waals surface area contributed by atoms with Gasteiger partial charge in [0.15, 0.2) is 5.82 Å². The number of aromatic nitrogens is 2. The molecule has 0 saturated carbocycles. The van der Waals surface area contributed by atoms with Crippen LogP contribution in [0.2, 0.25) is 0 Å². The van der Waals surface area contributed by atoms with Gasteiger partial charge in [0.05, 0.1) is 0 Å². The molecule has 24 heavy (non-hydrogen) atoms. The number of aryl methyl sites for hydroxylation is 1. The average Bonchev–Trinajstić information content (AvgIpc) is 2.56. The first-order valence-electron chi connectivity index (χ1n) is 7.65. The third-order valence-corrected chi connectivity index (χ3v) is 4.03. The normalized spacial score (nSPS) is 16.1. The molecular weight excluding hydrogens is 328 g/mol. The number of halogens is 1. The molecule has 6 nitrogen and oxygen atoms in total. The summed E-state index contributed by atoms with van der Waals surface area (Å²) < 4.78 is 5.27. The maximum absolute atomic E-state index is 12.4. The molecule has 2 aromatic rings. The van der Waals surface area contributed by atoms with Gasteiger partial charge in [0.1, 0.15) is 5.54 Å². The zero-order valence-corrected chi connectivity index (χ0v) is 14.3. The summed E-state index contributed by atoms with van der Waals surface area (Å²) in [5.41, 5.74) is 7.85. The van der Waals surface area contributed by atoms with Crippen molar-refractivity contribution in [1.82, 2.24) is 9.97 Å². The van der Waals surface area contributed by atoms with E-state index < -0.39 is 5.54 Å². The summed E-state index contributed by atoms with van der Waals surface area (Å²) in [5, 5.41) is 2.88. The third-order valence-electron chi connectivity index (χ3n) is 4.03. The fourth-order valence-electron chi connectivity index (χ4n) is 2.51. The molecular formula is C17H21ClN4O2. The second-order valence-electron chi connectivity index (χ2n) is 5.82. The van der Waals surface area contributed by atoms with Gasteiger partial charge in [-0.15, -0.1) is 12.4 Å². The summed E-state index contributed by atoms with van der Waals surface area (Å²) in [6, 6.07) is 9.30. The van der Waals surface area contributed by atoms with E-state index in [2.05, 4.69) is 15.3 Å². The van der Waals surface area contributed by atoms with Crippen LogP contribution in [-0.2, 0) is 9.53 Å². The van der Waals surface area contributed by atoms with Gasteiger partial charge in [-0.3, -0.25) is 4.79 Å². The van der Waals surface area contributed by atoms with Crippen molar-refractivity contribution in [1.29, 1.82) is 0 Å². The number of nitrogens with two attached hydrogens (primary N) is 1. The van der Waals surface area contributed by atoms with E-state index in [-0.39, 0.29) is 18.3 Å². The number of nitrogens with one attached hydrogen (secondary N) is 1. The molecule has 0 bridgehead atoms. The lowest BCUT2D eigenvalue weighted by Gasteiger charge is -2.31. The molecule has 1 aromatic carbocycles. The highest BCUT2D eigenvalue weighted by Crippen LogP contribution is 2.22. The van der Waals surface area contributed by atoms with Gasteiger partial charge >= 0.3 is 0 Å². The summed E-state index contributed by atoms with van der Waals surface area (Å²) in [5.74, 6) is 0.503. The molecule has 128 valence electrons. The summed E-state index contributed by atoms with van der Waals surface area (Å²) >= 11 is 0. The van der Waals surface area contributed by atoms with Crippen LogP contribution in [0.3, 0.4) is 0 Å². The van der Waals surface area contributed by atoms with E-state index in [1.165, 1.54) is 0 Å². The fourth-order valence-corrected chi connectivity index (χ4v) is 2.51. The number of hydrogen-bond acceptors (Lipinski definition) is 5. The van der Waals surface area contributed by atoms with E-state index in [1.54, 1.807) is 6.20 Å². The van der Waals surface area contributed by atoms with Gasteiger partial charge in [-0.25, -0.2) is 9.97 Å². The topological polar surface area (TPSA) is 90.1 Å². The standard InChI is InChI=1S/C17H20N4O2.ClH/c1-12-6-9-19-15(20-12)13-2-4-14(5-3-13)21-16(22)17(18)7-10-23-11-8-17;/h2-6,9H,7-8,10-11,18H2,1H3,(H,21,22);1H. The Morgan fingerprint density at radius 2 is 1.88 bits per heavy atom. The third kappa shape index (κ3) is 4.08. The first-order chi connectivity index (χ1) is 11.1. The molecule has 1 aliphatic rings. The highest BCUT2D eigenvalue weighted by molar-refractivity contribution is 5.98. The molecule has 1 aromatic heterocycles. The van der Waals surface area contributed by atoms with Crippen LogP contribution in [-0.4, -0.2) is 34.6 Å². The fraction of sp³-hybridized carbons (Fsp3) is 0.353. The summed E-state index contributed by atoms with van der Waals surface area (Å²) in [6.45, 7) is 2.97. The van der Waals surface area contributed by atoms with Crippen LogP contribution in [0.15, 0.2) is 36.5 Å². The number of amides is 1. The van der Waals surface area contributed by atoms with E-state index in [4.69, 9.17) is 10.5 Å². The van der Waals surface area contributed by atoms with E-state index in [1.807, 2.05) is 37.3 Å². The number of anilines is 1. The van der Waals surface area contributed by atoms with E-state index >= 15 is 0 Å². The van der Waals surface area contributed by atoms with Crippen LogP contribution in [0.1, 0.15) is 18.5 Å². The minimum atomic E-state index is -0.851. The number of hydrogen-bond donors (Lipinski definition) is 2. The van der Waals surface area contributed by atoms with E-state index in [0.29, 0.717) is 37.6 Å². The molecule has 0 spiro atoms. The van der Waals surface area contributed by atoms with Crippen molar-refractivity contribution in [2.75, 3.05) is 18.5 Å². The highest BCUT2D eigenvalue weighted by atomic mass is 35.5. The smallest absolute Gasteiger partial charge is 0.244 e. The van der Waals surface area contributed by atoms with Crippen molar-refractivity contribution in [2.24, 2.45) is 5.73 Å². The van der Waals surface area contributed by atoms with Crippen LogP contribution in [0.5, 0.6) is 0 Å². The molecule has 0 aliphatic carbocycles. The number of rotatable bonds is 3. The van der Waals surface area contributed by atoms with Gasteiger partial charge in [-0.05, 0) is 50.1 Å². The zero-order valence-electron chi connectivity index (χ0n) is 13.5. The van der Waals surface area contributed by atoms with Gasteiger partial charge in [0, 0.05) is 36.4 Å².